The summed E-state index contributed by atoms with van der Waals surface area (Å²) in [5.41, 5.74) is 1.91. The minimum Gasteiger partial charge on any atom is -0.461 e. The third-order valence-corrected chi connectivity index (χ3v) is 11.3. The second kappa shape index (κ2) is 25.0. The Morgan fingerprint density at radius 2 is 0.765 bits per heavy atom. The van der Waals surface area contributed by atoms with E-state index in [0.29, 0.717) is 38.8 Å². The number of hydrogen-bond donors (Lipinski definition) is 0. The highest BCUT2D eigenvalue weighted by Crippen LogP contribution is 2.28. The van der Waals surface area contributed by atoms with E-state index in [0.717, 1.165) is 22.3 Å². The first-order valence-corrected chi connectivity index (χ1v) is 23.6. The number of nitrogens with zero attached hydrogens (tertiary/aromatic N) is 2. The molecule has 2 heterocycles. The standard InChI is InChI=1S/C54H68N2O12/c1-53(2,3)67-51(59)55-31-19-29-43(55)49(57)65-37-45(61-33-39-21-11-7-12-22-39)47(63-35-41-25-15-9-16-26-41)48(64-36-42-27-17-10-18-28-42)46(62-34-40-23-13-8-14-24-40)38-66-50(58)44-30-20-32-56(44)52(60)68-54(4,5)6/h7-18,21-28,43-48H,19-20,29-38H2,1-6H3/t43-,44-,45-,46+,47+,48+/m0/s1. The van der Waals surface area contributed by atoms with Gasteiger partial charge in [-0.1, -0.05) is 121 Å². The fraction of sp³-hybridized carbons (Fsp3) is 0.481. The fourth-order valence-electron chi connectivity index (χ4n) is 8.01. The highest BCUT2D eigenvalue weighted by Gasteiger charge is 2.43. The number of carbonyl (C=O) groups excluding carboxylic acids is 4. The molecule has 0 N–H and O–H groups in total. The molecule has 4 aromatic carbocycles. The Balaban J connectivity index is 1.37. The number of rotatable bonds is 21. The van der Waals surface area contributed by atoms with E-state index in [1.165, 1.54) is 9.80 Å². The molecular formula is C54H68N2O12. The van der Waals surface area contributed by atoms with Gasteiger partial charge in [0.25, 0.3) is 0 Å². The molecule has 6 rings (SSSR count). The lowest BCUT2D eigenvalue weighted by atomic mass is 10.0. The van der Waals surface area contributed by atoms with Crippen molar-refractivity contribution >= 4 is 24.1 Å². The predicted molar refractivity (Wildman–Crippen MR) is 254 cm³/mol. The van der Waals surface area contributed by atoms with Crippen molar-refractivity contribution in [3.63, 3.8) is 0 Å². The summed E-state index contributed by atoms with van der Waals surface area (Å²) in [5, 5.41) is 0. The van der Waals surface area contributed by atoms with Crippen LogP contribution in [0.5, 0.6) is 0 Å². The molecule has 0 aromatic heterocycles. The van der Waals surface area contributed by atoms with E-state index in [4.69, 9.17) is 37.9 Å². The lowest BCUT2D eigenvalue weighted by molar-refractivity contribution is -0.209. The van der Waals surface area contributed by atoms with Gasteiger partial charge in [-0.2, -0.15) is 0 Å². The Morgan fingerprint density at radius 1 is 0.471 bits per heavy atom. The zero-order valence-electron chi connectivity index (χ0n) is 40.3. The molecule has 4 aromatic rings. The topological polar surface area (TPSA) is 149 Å². The first-order valence-electron chi connectivity index (χ1n) is 23.6. The van der Waals surface area contributed by atoms with Crippen LogP contribution in [0.3, 0.4) is 0 Å². The maximum Gasteiger partial charge on any atom is 0.411 e. The third kappa shape index (κ3) is 16.2. The third-order valence-electron chi connectivity index (χ3n) is 11.3. The Morgan fingerprint density at radius 3 is 1.06 bits per heavy atom. The van der Waals surface area contributed by atoms with Gasteiger partial charge in [0.05, 0.1) is 26.4 Å². The lowest BCUT2D eigenvalue weighted by Crippen LogP contribution is -2.53. The van der Waals surface area contributed by atoms with Gasteiger partial charge in [0, 0.05) is 13.1 Å². The Kier molecular flexibility index (Phi) is 19.0. The Bertz CT molecular complexity index is 2010. The van der Waals surface area contributed by atoms with Gasteiger partial charge < -0.3 is 37.9 Å². The van der Waals surface area contributed by atoms with E-state index in [1.54, 1.807) is 41.5 Å². The molecule has 0 bridgehead atoms. The monoisotopic (exact) mass is 936 g/mol. The molecule has 14 heteroatoms. The van der Waals surface area contributed by atoms with E-state index in [9.17, 15) is 19.2 Å². The summed E-state index contributed by atoms with van der Waals surface area (Å²) in [4.78, 5) is 57.6. The van der Waals surface area contributed by atoms with Gasteiger partial charge in [0.1, 0.15) is 60.9 Å². The van der Waals surface area contributed by atoms with Crippen molar-refractivity contribution in [1.82, 2.24) is 9.80 Å². The van der Waals surface area contributed by atoms with Crippen molar-refractivity contribution < 1.29 is 57.1 Å². The van der Waals surface area contributed by atoms with Gasteiger partial charge in [-0.3, -0.25) is 9.80 Å². The van der Waals surface area contributed by atoms with Crippen molar-refractivity contribution in [3.05, 3.63) is 144 Å². The molecule has 0 aliphatic carbocycles. The highest BCUT2D eigenvalue weighted by molar-refractivity contribution is 5.83. The fourth-order valence-corrected chi connectivity index (χ4v) is 8.01. The molecule has 2 aliphatic heterocycles. The van der Waals surface area contributed by atoms with Crippen LogP contribution < -0.4 is 0 Å². The molecule has 0 unspecified atom stereocenters. The van der Waals surface area contributed by atoms with Crippen LogP contribution in [0.1, 0.15) is 89.5 Å². The zero-order chi connectivity index (χ0) is 48.5. The summed E-state index contributed by atoms with van der Waals surface area (Å²) in [7, 11) is 0. The Hall–Kier alpha value is -5.80. The summed E-state index contributed by atoms with van der Waals surface area (Å²) >= 11 is 0. The van der Waals surface area contributed by atoms with Crippen molar-refractivity contribution in [1.29, 1.82) is 0 Å². The van der Waals surface area contributed by atoms with E-state index in [2.05, 4.69) is 0 Å². The van der Waals surface area contributed by atoms with E-state index in [-0.39, 0.29) is 39.6 Å². The summed E-state index contributed by atoms with van der Waals surface area (Å²) in [6.45, 7) is 11.2. The van der Waals surface area contributed by atoms with Crippen molar-refractivity contribution in [2.24, 2.45) is 0 Å². The van der Waals surface area contributed by atoms with Crippen molar-refractivity contribution in [2.75, 3.05) is 26.3 Å². The van der Waals surface area contributed by atoms with Crippen molar-refractivity contribution in [3.8, 4) is 0 Å². The highest BCUT2D eigenvalue weighted by atomic mass is 16.6. The minimum absolute atomic E-state index is 0.100. The van der Waals surface area contributed by atoms with Crippen LogP contribution in [-0.4, -0.2) is 108 Å². The smallest absolute Gasteiger partial charge is 0.411 e. The summed E-state index contributed by atoms with van der Waals surface area (Å²) in [5.74, 6) is -1.22. The van der Waals surface area contributed by atoms with Gasteiger partial charge in [-0.25, -0.2) is 19.2 Å². The summed E-state index contributed by atoms with van der Waals surface area (Å²) in [6, 6.07) is 36.6. The number of likely N-dealkylation sites (tertiary alicyclic amines) is 2. The van der Waals surface area contributed by atoms with Gasteiger partial charge in [0.2, 0.25) is 0 Å². The minimum atomic E-state index is -1.04. The lowest BCUT2D eigenvalue weighted by Gasteiger charge is -2.37. The van der Waals surface area contributed by atoms with Crippen LogP contribution in [0.25, 0.3) is 0 Å². The Labute approximate surface area is 401 Å². The maximum absolute atomic E-state index is 14.1. The number of amides is 2. The number of benzene rings is 4. The molecule has 2 saturated heterocycles. The molecular weight excluding hydrogens is 869 g/mol. The molecule has 0 radical (unpaired) electrons. The SMILES string of the molecule is CC(C)(C)OC(=O)N1CCC[C@H]1C(=O)OC[C@H](OCc1ccccc1)[C@@H](OCc1ccccc1)[C@H](OCc1ccccc1)[C@@H](COC(=O)[C@@H]1CCCN1C(=O)OC(C)(C)C)OCc1ccccc1. The summed E-state index contributed by atoms with van der Waals surface area (Å²) in [6.07, 6.45) is -3.27. The second-order valence-electron chi connectivity index (χ2n) is 19.1. The quantitative estimate of drug-likeness (QED) is 0.0579. The van der Waals surface area contributed by atoms with Crippen molar-refractivity contribution in [2.45, 2.75) is 141 Å². The molecule has 0 saturated carbocycles. The van der Waals surface area contributed by atoms with Crippen LogP contribution in [0, 0.1) is 0 Å². The van der Waals surface area contributed by atoms with E-state index >= 15 is 0 Å². The van der Waals surface area contributed by atoms with Crippen LogP contribution in [0.2, 0.25) is 0 Å². The summed E-state index contributed by atoms with van der Waals surface area (Å²) < 4.78 is 51.0. The number of esters is 2. The van der Waals surface area contributed by atoms with Crippen LogP contribution in [-0.2, 0) is 73.9 Å². The van der Waals surface area contributed by atoms with E-state index in [1.807, 2.05) is 121 Å². The first kappa shape index (κ1) is 51.6. The molecule has 2 amide bonds. The largest absolute Gasteiger partial charge is 0.461 e. The molecule has 2 fully saturated rings. The average molecular weight is 937 g/mol. The average Bonchev–Trinajstić information content (AvgIpc) is 4.03. The molecule has 366 valence electrons. The zero-order valence-corrected chi connectivity index (χ0v) is 40.3. The van der Waals surface area contributed by atoms with E-state index < -0.39 is 71.8 Å². The number of ether oxygens (including phenoxy) is 8. The van der Waals surface area contributed by atoms with Crippen LogP contribution >= 0.6 is 0 Å². The molecule has 0 spiro atoms. The normalized spacial score (nSPS) is 18.0. The predicted octanol–water partition coefficient (Wildman–Crippen LogP) is 9.21. The molecule has 68 heavy (non-hydrogen) atoms. The molecule has 14 nitrogen and oxygen atoms in total. The first-order chi connectivity index (χ1) is 32.6. The second-order valence-corrected chi connectivity index (χ2v) is 19.1. The number of hydrogen-bond acceptors (Lipinski definition) is 12. The maximum atomic E-state index is 14.1. The van der Waals surface area contributed by atoms with Gasteiger partial charge in [0.15, 0.2) is 0 Å². The van der Waals surface area contributed by atoms with Gasteiger partial charge in [-0.05, 0) is 89.5 Å². The molecule has 6 atom stereocenters. The van der Waals surface area contributed by atoms with Crippen LogP contribution in [0.4, 0.5) is 9.59 Å². The number of carbonyl (C=O) groups is 4. The van der Waals surface area contributed by atoms with Gasteiger partial charge in [-0.15, -0.1) is 0 Å². The van der Waals surface area contributed by atoms with Crippen LogP contribution in [0.15, 0.2) is 121 Å². The molecule has 2 aliphatic rings. The van der Waals surface area contributed by atoms with Gasteiger partial charge >= 0.3 is 24.1 Å².